The first-order valence-corrected chi connectivity index (χ1v) is 6.85. The topological polar surface area (TPSA) is 15.3 Å². The molecule has 0 radical (unpaired) electrons. The minimum absolute atomic E-state index is 0.339. The lowest BCUT2D eigenvalue weighted by Crippen LogP contribution is -2.52. The van der Waals surface area contributed by atoms with Crippen molar-refractivity contribution in [3.8, 4) is 0 Å². The fraction of sp³-hybridized carbons (Fsp3) is 0.600. The van der Waals surface area contributed by atoms with Gasteiger partial charge < -0.3 is 10.2 Å². The van der Waals surface area contributed by atoms with Crippen LogP contribution in [0, 0.1) is 0 Å². The molecule has 1 N–H and O–H groups in total. The van der Waals surface area contributed by atoms with Gasteiger partial charge in [-0.3, -0.25) is 0 Å². The molecule has 5 heteroatoms. The van der Waals surface area contributed by atoms with Crippen molar-refractivity contribution in [3.63, 3.8) is 0 Å². The second-order valence-corrected chi connectivity index (χ2v) is 5.69. The Bertz CT molecular complexity index is 472. The third-order valence-electron chi connectivity index (χ3n) is 4.51. The van der Waals surface area contributed by atoms with Crippen LogP contribution in [0.4, 0.5) is 13.2 Å². The molecule has 1 heterocycles. The van der Waals surface area contributed by atoms with Gasteiger partial charge in [-0.05, 0) is 51.6 Å². The predicted octanol–water partition coefficient (Wildman–Crippen LogP) is 3.23. The Kier molecular flexibility index (Phi) is 4.12. The fourth-order valence-corrected chi connectivity index (χ4v) is 2.98. The molecule has 2 atom stereocenters. The van der Waals surface area contributed by atoms with Crippen LogP contribution in [0.15, 0.2) is 24.3 Å². The molecular formula is C15H21F3N2. The third-order valence-corrected chi connectivity index (χ3v) is 4.51. The lowest BCUT2D eigenvalue weighted by Gasteiger charge is -2.45. The van der Waals surface area contributed by atoms with Crippen molar-refractivity contribution >= 4 is 0 Å². The van der Waals surface area contributed by atoms with Crippen molar-refractivity contribution in [3.05, 3.63) is 35.4 Å². The zero-order valence-corrected chi connectivity index (χ0v) is 12.1. The van der Waals surface area contributed by atoms with Gasteiger partial charge in [0.1, 0.15) is 0 Å². The van der Waals surface area contributed by atoms with Crippen LogP contribution in [0.25, 0.3) is 0 Å². The Morgan fingerprint density at radius 2 is 2.05 bits per heavy atom. The van der Waals surface area contributed by atoms with Crippen LogP contribution in [-0.4, -0.2) is 31.6 Å². The van der Waals surface area contributed by atoms with Gasteiger partial charge in [-0.15, -0.1) is 0 Å². The molecule has 2 rings (SSSR count). The molecule has 1 fully saturated rings. The van der Waals surface area contributed by atoms with Crippen molar-refractivity contribution in [2.24, 2.45) is 0 Å². The van der Waals surface area contributed by atoms with E-state index in [4.69, 9.17) is 0 Å². The maximum Gasteiger partial charge on any atom is 0.416 e. The summed E-state index contributed by atoms with van der Waals surface area (Å²) in [5.74, 6) is 0. The average molecular weight is 286 g/mol. The molecule has 112 valence electrons. The summed E-state index contributed by atoms with van der Waals surface area (Å²) in [7, 11) is 3.88. The molecule has 1 aromatic rings. The molecule has 2 nitrogen and oxygen atoms in total. The van der Waals surface area contributed by atoms with Gasteiger partial charge in [-0.25, -0.2) is 0 Å². The zero-order valence-electron chi connectivity index (χ0n) is 12.1. The van der Waals surface area contributed by atoms with Crippen molar-refractivity contribution in [1.29, 1.82) is 0 Å². The van der Waals surface area contributed by atoms with Crippen molar-refractivity contribution in [1.82, 2.24) is 10.2 Å². The summed E-state index contributed by atoms with van der Waals surface area (Å²) in [6.45, 7) is 2.98. The molecule has 1 aliphatic rings. The zero-order chi connectivity index (χ0) is 15.0. The lowest BCUT2D eigenvalue weighted by atomic mass is 9.78. The van der Waals surface area contributed by atoms with Gasteiger partial charge in [0.2, 0.25) is 0 Å². The summed E-state index contributed by atoms with van der Waals surface area (Å²) < 4.78 is 38.6. The minimum atomic E-state index is -4.29. The van der Waals surface area contributed by atoms with Gasteiger partial charge in [0, 0.05) is 18.1 Å². The van der Waals surface area contributed by atoms with Crippen LogP contribution in [0.5, 0.6) is 0 Å². The third kappa shape index (κ3) is 2.83. The Hall–Kier alpha value is -1.07. The highest BCUT2D eigenvalue weighted by Gasteiger charge is 2.39. The number of likely N-dealkylation sites (tertiary alicyclic amines) is 1. The summed E-state index contributed by atoms with van der Waals surface area (Å²) in [5.41, 5.74) is -0.210. The number of halogens is 3. The second-order valence-electron chi connectivity index (χ2n) is 5.69. The highest BCUT2D eigenvalue weighted by atomic mass is 19.4. The van der Waals surface area contributed by atoms with E-state index in [2.05, 4.69) is 24.2 Å². The first-order valence-electron chi connectivity index (χ1n) is 6.85. The molecule has 0 amide bonds. The molecule has 0 aromatic heterocycles. The van der Waals surface area contributed by atoms with E-state index in [0.717, 1.165) is 31.0 Å². The summed E-state index contributed by atoms with van der Waals surface area (Å²) >= 11 is 0. The SMILES string of the molecule is CNC1(c2cccc(C(F)(F)F)c2)CCN(C)C(C)C1. The van der Waals surface area contributed by atoms with Crippen molar-refractivity contribution in [2.45, 2.75) is 37.5 Å². The Morgan fingerprint density at radius 1 is 1.35 bits per heavy atom. The van der Waals surface area contributed by atoms with E-state index in [9.17, 15) is 13.2 Å². The molecule has 1 aliphatic heterocycles. The number of piperidine rings is 1. The lowest BCUT2D eigenvalue weighted by molar-refractivity contribution is -0.137. The maximum atomic E-state index is 12.9. The first kappa shape index (κ1) is 15.3. The number of hydrogen-bond donors (Lipinski definition) is 1. The number of benzene rings is 1. The van der Waals surface area contributed by atoms with E-state index < -0.39 is 11.7 Å². The van der Waals surface area contributed by atoms with Crippen LogP contribution in [0.3, 0.4) is 0 Å². The molecular weight excluding hydrogens is 265 g/mol. The summed E-state index contributed by atoms with van der Waals surface area (Å²) in [5, 5.41) is 3.27. The average Bonchev–Trinajstić information content (AvgIpc) is 2.41. The first-order chi connectivity index (χ1) is 9.28. The largest absolute Gasteiger partial charge is 0.416 e. The number of alkyl halides is 3. The Labute approximate surface area is 118 Å². The molecule has 0 bridgehead atoms. The van der Waals surface area contributed by atoms with Crippen LogP contribution < -0.4 is 5.32 Å². The highest BCUT2D eigenvalue weighted by molar-refractivity contribution is 5.32. The van der Waals surface area contributed by atoms with E-state index in [-0.39, 0.29) is 5.54 Å². The highest BCUT2D eigenvalue weighted by Crippen LogP contribution is 2.38. The van der Waals surface area contributed by atoms with Gasteiger partial charge in [0.05, 0.1) is 5.56 Å². The van der Waals surface area contributed by atoms with E-state index in [1.807, 2.05) is 7.05 Å². The normalized spacial score (nSPS) is 28.6. The summed E-state index contributed by atoms with van der Waals surface area (Å²) in [6.07, 6.45) is -2.67. The van der Waals surface area contributed by atoms with Gasteiger partial charge in [0.25, 0.3) is 0 Å². The molecule has 2 unspecified atom stereocenters. The van der Waals surface area contributed by atoms with E-state index in [0.29, 0.717) is 6.04 Å². The molecule has 0 spiro atoms. The van der Waals surface area contributed by atoms with Crippen LogP contribution in [0.2, 0.25) is 0 Å². The van der Waals surface area contributed by atoms with Gasteiger partial charge >= 0.3 is 6.18 Å². The van der Waals surface area contributed by atoms with Crippen LogP contribution in [-0.2, 0) is 11.7 Å². The number of rotatable bonds is 2. The number of hydrogen-bond acceptors (Lipinski definition) is 2. The number of nitrogens with one attached hydrogen (secondary N) is 1. The van der Waals surface area contributed by atoms with E-state index >= 15 is 0 Å². The summed E-state index contributed by atoms with van der Waals surface area (Å²) in [4.78, 5) is 2.24. The van der Waals surface area contributed by atoms with Crippen molar-refractivity contribution < 1.29 is 13.2 Å². The quantitative estimate of drug-likeness (QED) is 0.898. The monoisotopic (exact) mass is 286 g/mol. The Morgan fingerprint density at radius 3 is 2.60 bits per heavy atom. The second kappa shape index (κ2) is 5.37. The van der Waals surface area contributed by atoms with Gasteiger partial charge in [-0.1, -0.05) is 12.1 Å². The standard InChI is InChI=1S/C15H21F3N2/c1-11-10-14(19-2,7-8-20(11)3)12-5-4-6-13(9-12)15(16,17)18/h4-6,9,11,19H,7-8,10H2,1-3H3. The molecule has 20 heavy (non-hydrogen) atoms. The molecule has 1 aromatic carbocycles. The smallest absolute Gasteiger partial charge is 0.310 e. The minimum Gasteiger partial charge on any atom is -0.310 e. The van der Waals surface area contributed by atoms with Gasteiger partial charge in [-0.2, -0.15) is 13.2 Å². The maximum absolute atomic E-state index is 12.9. The van der Waals surface area contributed by atoms with E-state index in [1.165, 1.54) is 12.1 Å². The number of nitrogens with zero attached hydrogens (tertiary/aromatic N) is 1. The molecule has 0 aliphatic carbocycles. The van der Waals surface area contributed by atoms with Crippen LogP contribution in [0.1, 0.15) is 30.9 Å². The van der Waals surface area contributed by atoms with Crippen LogP contribution >= 0.6 is 0 Å². The molecule has 1 saturated heterocycles. The summed E-state index contributed by atoms with van der Waals surface area (Å²) in [6, 6.07) is 6.05. The van der Waals surface area contributed by atoms with Gasteiger partial charge in [0.15, 0.2) is 0 Å². The molecule has 0 saturated carbocycles. The van der Waals surface area contributed by atoms with E-state index in [1.54, 1.807) is 6.07 Å². The van der Waals surface area contributed by atoms with Crippen molar-refractivity contribution in [2.75, 3.05) is 20.6 Å². The fourth-order valence-electron chi connectivity index (χ4n) is 2.98. The Balaban J connectivity index is 2.37. The predicted molar refractivity (Wildman–Crippen MR) is 73.5 cm³/mol.